The summed E-state index contributed by atoms with van der Waals surface area (Å²) in [5.74, 6) is 3.78. The summed E-state index contributed by atoms with van der Waals surface area (Å²) >= 11 is 24.7. The Morgan fingerprint density at radius 2 is 1.34 bits per heavy atom. The van der Waals surface area contributed by atoms with Crippen molar-refractivity contribution in [2.45, 2.75) is 18.8 Å². The highest BCUT2D eigenvalue weighted by Gasteiger charge is 2.38. The van der Waals surface area contributed by atoms with Crippen LogP contribution in [0.5, 0.6) is 0 Å². The van der Waals surface area contributed by atoms with E-state index in [0.717, 1.165) is 12.0 Å². The highest BCUT2D eigenvalue weighted by atomic mass is 35.5. The molecule has 4 aromatic rings. The first kappa shape index (κ1) is 37.7. The van der Waals surface area contributed by atoms with Gasteiger partial charge in [0, 0.05) is 28.8 Å². The Kier molecular flexibility index (Phi) is 11.9. The third-order valence-corrected chi connectivity index (χ3v) is 12.4. The zero-order valence-corrected chi connectivity index (χ0v) is 30.8. The van der Waals surface area contributed by atoms with E-state index < -0.39 is 26.7 Å². The largest absolute Gasteiger partial charge is 0.478 e. The monoisotopic (exact) mass is 788 g/mol. The van der Waals surface area contributed by atoms with E-state index in [-0.39, 0.29) is 60.5 Å². The number of hydrogen-bond acceptors (Lipinski definition) is 6. The van der Waals surface area contributed by atoms with Gasteiger partial charge in [-0.1, -0.05) is 88.6 Å². The van der Waals surface area contributed by atoms with Gasteiger partial charge in [0.1, 0.15) is 0 Å². The van der Waals surface area contributed by atoms with Crippen molar-refractivity contribution in [2.24, 2.45) is 5.92 Å². The van der Waals surface area contributed by atoms with Crippen molar-refractivity contribution in [1.82, 2.24) is 0 Å². The van der Waals surface area contributed by atoms with Gasteiger partial charge in [-0.05, 0) is 90.1 Å². The number of carbonyl (C=O) groups excluding carboxylic acids is 1. The van der Waals surface area contributed by atoms with E-state index in [1.807, 2.05) is 0 Å². The van der Waals surface area contributed by atoms with Crippen molar-refractivity contribution in [3.63, 3.8) is 0 Å². The summed E-state index contributed by atoms with van der Waals surface area (Å²) in [5, 5.41) is 9.58. The minimum atomic E-state index is -4.08. The number of carbonyl (C=O) groups is 2. The molecule has 2 N–H and O–H groups in total. The summed E-state index contributed by atoms with van der Waals surface area (Å²) in [6.45, 7) is 0.128. The fourth-order valence-electron chi connectivity index (χ4n) is 5.15. The van der Waals surface area contributed by atoms with E-state index in [0.29, 0.717) is 17.3 Å². The number of ether oxygens (including phenoxy) is 1. The van der Waals surface area contributed by atoms with Crippen LogP contribution in [-0.4, -0.2) is 35.7 Å². The molecular weight excluding hydrogens is 764 g/mol. The van der Waals surface area contributed by atoms with Gasteiger partial charge in [-0.3, -0.25) is 9.13 Å². The van der Waals surface area contributed by atoms with Crippen LogP contribution < -0.4 is 10.6 Å². The molecule has 0 aliphatic heterocycles. The van der Waals surface area contributed by atoms with Gasteiger partial charge < -0.3 is 19.3 Å². The lowest BCUT2D eigenvalue weighted by molar-refractivity contribution is 0.0494. The van der Waals surface area contributed by atoms with Gasteiger partial charge in [0.25, 0.3) is 0 Å². The molecule has 0 saturated heterocycles. The molecule has 0 bridgehead atoms. The van der Waals surface area contributed by atoms with Crippen molar-refractivity contribution in [1.29, 1.82) is 0 Å². The molecule has 1 fully saturated rings. The van der Waals surface area contributed by atoms with Crippen LogP contribution in [0.2, 0.25) is 20.1 Å². The summed E-state index contributed by atoms with van der Waals surface area (Å²) in [6.07, 6.45) is 1.43. The van der Waals surface area contributed by atoms with Gasteiger partial charge in [-0.2, -0.15) is 0 Å². The van der Waals surface area contributed by atoms with Crippen LogP contribution in [0, 0.1) is 29.1 Å². The Morgan fingerprint density at radius 1 is 0.800 bits per heavy atom. The minimum Gasteiger partial charge on any atom is -0.478 e. The predicted molar refractivity (Wildman–Crippen MR) is 196 cm³/mol. The second-order valence-corrected chi connectivity index (χ2v) is 16.9. The van der Waals surface area contributed by atoms with Gasteiger partial charge in [-0.15, -0.1) is 0 Å². The topological polar surface area (TPSA) is 127 Å². The third kappa shape index (κ3) is 8.85. The van der Waals surface area contributed by atoms with E-state index in [2.05, 4.69) is 23.2 Å². The highest BCUT2D eigenvalue weighted by molar-refractivity contribution is 7.72. The lowest BCUT2D eigenvalue weighted by atomic mass is 10.1. The average Bonchev–Trinajstić information content (AvgIpc) is 3.85. The van der Waals surface area contributed by atoms with E-state index >= 15 is 0 Å². The fourth-order valence-corrected chi connectivity index (χ4v) is 8.67. The minimum absolute atomic E-state index is 0.000180. The summed E-state index contributed by atoms with van der Waals surface area (Å²) < 4.78 is 36.8. The Hall–Kier alpha value is -3.52. The molecule has 1 aliphatic rings. The van der Waals surface area contributed by atoms with Gasteiger partial charge in [-0.25, -0.2) is 9.59 Å². The van der Waals surface area contributed by atoms with Crippen molar-refractivity contribution in [2.75, 3.05) is 13.7 Å². The first-order valence-electron chi connectivity index (χ1n) is 14.8. The van der Waals surface area contributed by atoms with Crippen LogP contribution in [0.4, 0.5) is 0 Å². The summed E-state index contributed by atoms with van der Waals surface area (Å²) in [7, 11) is -6.21. The van der Waals surface area contributed by atoms with Gasteiger partial charge >= 0.3 is 26.7 Å². The molecular formula is C36H26Cl4O8P2. The molecule has 4 aromatic carbocycles. The molecule has 8 nitrogen and oxygen atoms in total. The quantitative estimate of drug-likeness (QED) is 0.0979. The molecule has 256 valence electrons. The summed E-state index contributed by atoms with van der Waals surface area (Å²) in [4.78, 5) is 34.7. The van der Waals surface area contributed by atoms with E-state index in [9.17, 15) is 28.7 Å². The number of esters is 1. The smallest absolute Gasteiger partial charge is 0.341 e. The Balaban J connectivity index is 1.16. The first-order chi connectivity index (χ1) is 23.7. The lowest BCUT2D eigenvalue weighted by Crippen LogP contribution is -2.09. The predicted octanol–water partition coefficient (Wildman–Crippen LogP) is 8.81. The molecule has 4 atom stereocenters. The number of halogens is 4. The number of carboxylic acids is 1. The van der Waals surface area contributed by atoms with Crippen LogP contribution in [-0.2, 0) is 18.4 Å². The van der Waals surface area contributed by atoms with Gasteiger partial charge in [0.05, 0.1) is 37.8 Å². The number of carboxylic acid groups (broad SMARTS) is 1. The molecule has 0 aromatic heterocycles. The molecule has 0 spiro atoms. The summed E-state index contributed by atoms with van der Waals surface area (Å²) in [6, 6.07) is 20.6. The lowest BCUT2D eigenvalue weighted by Gasteiger charge is -2.10. The SMILES string of the molecule is COP(=O)(C#Cc1cc(Cl)c(C(=O)OCCC2C[C@@H]2c2ccc(P(=O)(O)C#Cc3cc(Cl)c(C(=O)O)c(Cl)c3)cc2)c(Cl)c1)c1ccccc1. The van der Waals surface area contributed by atoms with Gasteiger partial charge in [0.2, 0.25) is 0 Å². The van der Waals surface area contributed by atoms with E-state index in [4.69, 9.17) is 55.7 Å². The summed E-state index contributed by atoms with van der Waals surface area (Å²) in [5.41, 5.74) is 6.27. The van der Waals surface area contributed by atoms with E-state index in [1.54, 1.807) is 54.6 Å². The Labute approximate surface area is 308 Å². The number of hydrogen-bond donors (Lipinski definition) is 2. The molecule has 1 aliphatic carbocycles. The van der Waals surface area contributed by atoms with Crippen molar-refractivity contribution >= 4 is 83.7 Å². The molecule has 1 saturated carbocycles. The zero-order valence-electron chi connectivity index (χ0n) is 26.0. The normalized spacial score (nSPS) is 17.2. The first-order valence-corrected chi connectivity index (χ1v) is 19.6. The molecule has 3 unspecified atom stereocenters. The van der Waals surface area contributed by atoms with Crippen molar-refractivity contribution in [3.05, 3.63) is 127 Å². The number of rotatable bonds is 9. The molecule has 0 radical (unpaired) electrons. The van der Waals surface area contributed by atoms with Crippen LogP contribution >= 0.6 is 61.1 Å². The average molecular weight is 790 g/mol. The van der Waals surface area contributed by atoms with Crippen LogP contribution in [0.3, 0.4) is 0 Å². The number of aromatic carboxylic acids is 1. The maximum Gasteiger partial charge on any atom is 0.341 e. The van der Waals surface area contributed by atoms with Crippen LogP contribution in [0.25, 0.3) is 0 Å². The van der Waals surface area contributed by atoms with Crippen molar-refractivity contribution < 1.29 is 38.0 Å². The Bertz CT molecular complexity index is 2160. The standard InChI is InChI=1S/C36H26Cl4O8P2/c1-47-50(46,27-5-3-2-4-6-27)16-13-23-19-31(39)34(32(40)20-23)36(43)48-14-11-25-21-28(25)24-7-9-26(10-8-24)49(44,45)15-12-22-17-29(37)33(35(41)42)30(38)18-22/h2-10,17-20,25,28H,11,14,21H2,1H3,(H,41,42)(H,44,45)/t25?,28-,50?/m1/s1. The maximum absolute atomic E-state index is 13.2. The number of benzene rings is 4. The third-order valence-electron chi connectivity index (χ3n) is 7.87. The van der Waals surface area contributed by atoms with E-state index in [1.165, 1.54) is 31.4 Å². The second kappa shape index (κ2) is 15.8. The molecule has 0 heterocycles. The van der Waals surface area contributed by atoms with Crippen LogP contribution in [0.1, 0.15) is 56.2 Å². The van der Waals surface area contributed by atoms with Crippen molar-refractivity contribution in [3.8, 4) is 23.2 Å². The van der Waals surface area contributed by atoms with Gasteiger partial charge in [0.15, 0.2) is 0 Å². The van der Waals surface area contributed by atoms with Crippen LogP contribution in [0.15, 0.2) is 78.9 Å². The Morgan fingerprint density at radius 3 is 1.88 bits per heavy atom. The maximum atomic E-state index is 13.2. The molecule has 0 amide bonds. The molecule has 50 heavy (non-hydrogen) atoms. The fraction of sp³-hybridized carbons (Fsp3) is 0.167. The molecule has 14 heteroatoms. The molecule has 5 rings (SSSR count). The second-order valence-electron chi connectivity index (χ2n) is 11.2. The zero-order chi connectivity index (χ0) is 36.2. The highest BCUT2D eigenvalue weighted by Crippen LogP contribution is 2.50.